The molecule has 0 radical (unpaired) electrons. The molecule has 0 aliphatic carbocycles. The molecule has 1 N–H and O–H groups in total. The van der Waals surface area contributed by atoms with Crippen molar-refractivity contribution in [1.82, 2.24) is 5.01 Å². The van der Waals surface area contributed by atoms with E-state index in [0.717, 1.165) is 0 Å². The fraction of sp³-hybridized carbons (Fsp3) is 0.222. The van der Waals surface area contributed by atoms with Crippen LogP contribution in [0.3, 0.4) is 0 Å². The highest BCUT2D eigenvalue weighted by Gasteiger charge is 1.98. The Balaban J connectivity index is 2.87. The van der Waals surface area contributed by atoms with Crippen molar-refractivity contribution in [2.24, 2.45) is 10.3 Å². The van der Waals surface area contributed by atoms with Gasteiger partial charge in [0.2, 0.25) is 0 Å². The van der Waals surface area contributed by atoms with Gasteiger partial charge in [-0.25, -0.2) is 0 Å². The SMILES string of the molecule is CN(CO)N=Nc1ccccc1C#N. The van der Waals surface area contributed by atoms with E-state index in [-0.39, 0.29) is 6.73 Å². The monoisotopic (exact) mass is 190 g/mol. The van der Waals surface area contributed by atoms with Gasteiger partial charge in [-0.3, -0.25) is 5.01 Å². The molecule has 0 atom stereocenters. The maximum atomic E-state index is 8.73. The van der Waals surface area contributed by atoms with Crippen LogP contribution >= 0.6 is 0 Å². The van der Waals surface area contributed by atoms with E-state index in [1.54, 1.807) is 31.3 Å². The maximum Gasteiger partial charge on any atom is 0.133 e. The third-order valence-electron chi connectivity index (χ3n) is 1.53. The smallest absolute Gasteiger partial charge is 0.133 e. The summed E-state index contributed by atoms with van der Waals surface area (Å²) in [6.45, 7) is -0.210. The molecule has 1 rings (SSSR count). The number of nitriles is 1. The van der Waals surface area contributed by atoms with Gasteiger partial charge in [0.1, 0.15) is 18.5 Å². The van der Waals surface area contributed by atoms with Crippen LogP contribution in [0.1, 0.15) is 5.56 Å². The van der Waals surface area contributed by atoms with Crippen LogP contribution in [0.5, 0.6) is 0 Å². The zero-order valence-corrected chi connectivity index (χ0v) is 7.75. The van der Waals surface area contributed by atoms with Gasteiger partial charge in [-0.1, -0.05) is 17.4 Å². The molecule has 14 heavy (non-hydrogen) atoms. The molecule has 0 aromatic heterocycles. The lowest BCUT2D eigenvalue weighted by Crippen LogP contribution is -2.10. The summed E-state index contributed by atoms with van der Waals surface area (Å²) in [6, 6.07) is 8.88. The first-order valence-electron chi connectivity index (χ1n) is 4.00. The standard InChI is InChI=1S/C9H10N4O/c1-13(7-14)12-11-9-5-3-2-4-8(9)6-10/h2-5,14H,7H2,1H3. The molecule has 0 aliphatic heterocycles. The van der Waals surface area contributed by atoms with Crippen molar-refractivity contribution in [3.05, 3.63) is 29.8 Å². The Bertz CT molecular complexity index is 369. The van der Waals surface area contributed by atoms with E-state index in [4.69, 9.17) is 10.4 Å². The third-order valence-corrected chi connectivity index (χ3v) is 1.53. The maximum absolute atomic E-state index is 8.73. The molecule has 0 saturated carbocycles. The summed E-state index contributed by atoms with van der Waals surface area (Å²) in [5.41, 5.74) is 0.956. The van der Waals surface area contributed by atoms with Gasteiger partial charge in [0.05, 0.1) is 5.56 Å². The van der Waals surface area contributed by atoms with Crippen molar-refractivity contribution < 1.29 is 5.11 Å². The Labute approximate surface area is 81.9 Å². The van der Waals surface area contributed by atoms with Gasteiger partial charge in [0.25, 0.3) is 0 Å². The van der Waals surface area contributed by atoms with Crippen LogP contribution in [-0.2, 0) is 0 Å². The zero-order valence-electron chi connectivity index (χ0n) is 7.75. The number of nitrogens with zero attached hydrogens (tertiary/aromatic N) is 4. The van der Waals surface area contributed by atoms with Crippen molar-refractivity contribution >= 4 is 5.69 Å². The van der Waals surface area contributed by atoms with E-state index in [9.17, 15) is 0 Å². The molecule has 72 valence electrons. The number of benzene rings is 1. The van der Waals surface area contributed by atoms with Crippen LogP contribution in [0.4, 0.5) is 5.69 Å². The van der Waals surface area contributed by atoms with Crippen LogP contribution < -0.4 is 0 Å². The highest BCUT2D eigenvalue weighted by molar-refractivity contribution is 5.52. The molecule has 1 aromatic carbocycles. The van der Waals surface area contributed by atoms with Crippen LogP contribution in [0, 0.1) is 11.3 Å². The topological polar surface area (TPSA) is 72.0 Å². The summed E-state index contributed by atoms with van der Waals surface area (Å²) in [5.74, 6) is 0. The second-order valence-electron chi connectivity index (χ2n) is 2.62. The molecule has 0 aliphatic rings. The van der Waals surface area contributed by atoms with E-state index in [2.05, 4.69) is 10.3 Å². The minimum absolute atomic E-state index is 0.210. The Kier molecular flexibility index (Phi) is 3.58. The van der Waals surface area contributed by atoms with Crippen LogP contribution in [0.15, 0.2) is 34.6 Å². The molecule has 0 spiro atoms. The Hall–Kier alpha value is -1.93. The first-order chi connectivity index (χ1) is 6.77. The average molecular weight is 190 g/mol. The van der Waals surface area contributed by atoms with Crippen molar-refractivity contribution in [1.29, 1.82) is 5.26 Å². The Morgan fingerprint density at radius 1 is 1.50 bits per heavy atom. The van der Waals surface area contributed by atoms with E-state index < -0.39 is 0 Å². The number of hydrogen-bond donors (Lipinski definition) is 1. The Morgan fingerprint density at radius 3 is 2.86 bits per heavy atom. The zero-order chi connectivity index (χ0) is 10.4. The number of rotatable bonds is 3. The highest BCUT2D eigenvalue weighted by atomic mass is 16.3. The second-order valence-corrected chi connectivity index (χ2v) is 2.62. The van der Waals surface area contributed by atoms with Gasteiger partial charge in [-0.2, -0.15) is 5.26 Å². The fourth-order valence-corrected chi connectivity index (χ4v) is 0.808. The molecular weight excluding hydrogens is 180 g/mol. The lowest BCUT2D eigenvalue weighted by atomic mass is 10.2. The minimum atomic E-state index is -0.210. The lowest BCUT2D eigenvalue weighted by molar-refractivity contribution is 0.129. The van der Waals surface area contributed by atoms with Crippen LogP contribution in [0.25, 0.3) is 0 Å². The first-order valence-corrected chi connectivity index (χ1v) is 4.00. The first kappa shape index (κ1) is 10.2. The van der Waals surface area contributed by atoms with Crippen molar-refractivity contribution in [2.45, 2.75) is 0 Å². The molecule has 5 nitrogen and oxygen atoms in total. The normalized spacial score (nSPS) is 10.1. The van der Waals surface area contributed by atoms with Gasteiger partial charge in [0.15, 0.2) is 0 Å². The van der Waals surface area contributed by atoms with Crippen LogP contribution in [-0.4, -0.2) is 23.9 Å². The highest BCUT2D eigenvalue weighted by Crippen LogP contribution is 2.17. The van der Waals surface area contributed by atoms with Gasteiger partial charge in [-0.15, -0.1) is 5.11 Å². The predicted molar refractivity (Wildman–Crippen MR) is 50.5 cm³/mol. The number of hydrogen-bond acceptors (Lipinski definition) is 4. The predicted octanol–water partition coefficient (Wildman–Crippen LogP) is 1.44. The van der Waals surface area contributed by atoms with E-state index >= 15 is 0 Å². The molecular formula is C9H10N4O. The molecule has 0 saturated heterocycles. The summed E-state index contributed by atoms with van der Waals surface area (Å²) in [6.07, 6.45) is 0. The van der Waals surface area contributed by atoms with Gasteiger partial charge >= 0.3 is 0 Å². The van der Waals surface area contributed by atoms with Crippen molar-refractivity contribution in [3.8, 4) is 6.07 Å². The molecule has 5 heteroatoms. The van der Waals surface area contributed by atoms with Crippen molar-refractivity contribution in [2.75, 3.05) is 13.8 Å². The van der Waals surface area contributed by atoms with Gasteiger partial charge in [-0.05, 0) is 12.1 Å². The molecule has 0 fully saturated rings. The van der Waals surface area contributed by atoms with E-state index in [0.29, 0.717) is 11.3 Å². The van der Waals surface area contributed by atoms with Gasteiger partial charge < -0.3 is 5.11 Å². The summed E-state index contributed by atoms with van der Waals surface area (Å²) in [5, 5.41) is 26.1. The molecule has 0 heterocycles. The Morgan fingerprint density at radius 2 is 2.21 bits per heavy atom. The van der Waals surface area contributed by atoms with Crippen LogP contribution in [0.2, 0.25) is 0 Å². The third kappa shape index (κ3) is 2.54. The van der Waals surface area contributed by atoms with E-state index in [1.165, 1.54) is 5.01 Å². The number of aliphatic hydroxyl groups excluding tert-OH is 1. The molecule has 0 unspecified atom stereocenters. The summed E-state index contributed by atoms with van der Waals surface area (Å²) in [7, 11) is 1.58. The molecule has 0 bridgehead atoms. The molecule has 1 aromatic rings. The van der Waals surface area contributed by atoms with E-state index in [1.807, 2.05) is 6.07 Å². The second kappa shape index (κ2) is 4.94. The van der Waals surface area contributed by atoms with Gasteiger partial charge in [0, 0.05) is 7.05 Å². The minimum Gasteiger partial charge on any atom is -0.375 e. The fourth-order valence-electron chi connectivity index (χ4n) is 0.808. The summed E-state index contributed by atoms with van der Waals surface area (Å²) < 4.78 is 0. The largest absolute Gasteiger partial charge is 0.375 e. The lowest BCUT2D eigenvalue weighted by Gasteiger charge is -2.04. The van der Waals surface area contributed by atoms with Crippen molar-refractivity contribution in [3.63, 3.8) is 0 Å². The summed E-state index contributed by atoms with van der Waals surface area (Å²) in [4.78, 5) is 0. The number of aliphatic hydroxyl groups is 1. The average Bonchev–Trinajstić information content (AvgIpc) is 2.26. The quantitative estimate of drug-likeness (QED) is 0.445. The molecule has 0 amide bonds. The summed E-state index contributed by atoms with van der Waals surface area (Å²) >= 11 is 0.